The maximum atomic E-state index is 12.7. The Hall–Kier alpha value is -3.61. The van der Waals surface area contributed by atoms with Crippen molar-refractivity contribution in [2.24, 2.45) is 0 Å². The van der Waals surface area contributed by atoms with Gasteiger partial charge in [-0.2, -0.15) is 0 Å². The lowest BCUT2D eigenvalue weighted by molar-refractivity contribution is -0.148. The van der Waals surface area contributed by atoms with Crippen LogP contribution in [0, 0.1) is 0 Å². The highest BCUT2D eigenvalue weighted by molar-refractivity contribution is 5.90. The Kier molecular flexibility index (Phi) is 4.35. The molecule has 2 atom stereocenters. The van der Waals surface area contributed by atoms with Gasteiger partial charge in [0.05, 0.1) is 36.7 Å². The number of esters is 2. The first-order valence-corrected chi connectivity index (χ1v) is 8.53. The molecule has 2 heterocycles. The van der Waals surface area contributed by atoms with E-state index in [1.807, 2.05) is 0 Å². The van der Waals surface area contributed by atoms with Crippen molar-refractivity contribution < 1.29 is 28.2 Å². The molecule has 0 N–H and O–H groups in total. The number of ether oxygens (including phenoxy) is 3. The second-order valence-electron chi connectivity index (χ2n) is 6.28. The quantitative estimate of drug-likeness (QED) is 0.509. The third-order valence-corrected chi connectivity index (χ3v) is 4.78. The van der Waals surface area contributed by atoms with E-state index in [1.165, 1.54) is 14.2 Å². The van der Waals surface area contributed by atoms with Crippen molar-refractivity contribution >= 4 is 22.9 Å². The van der Waals surface area contributed by atoms with E-state index in [0.717, 1.165) is 0 Å². The van der Waals surface area contributed by atoms with E-state index in [0.29, 0.717) is 27.8 Å². The van der Waals surface area contributed by atoms with E-state index in [9.17, 15) is 14.4 Å². The second-order valence-corrected chi connectivity index (χ2v) is 6.28. The van der Waals surface area contributed by atoms with Crippen LogP contribution in [0.15, 0.2) is 57.7 Å². The van der Waals surface area contributed by atoms with E-state index >= 15 is 0 Å². The minimum absolute atomic E-state index is 0.250. The summed E-state index contributed by atoms with van der Waals surface area (Å²) in [5.41, 5.74) is 1.01. The molecule has 0 saturated carbocycles. The van der Waals surface area contributed by atoms with Crippen LogP contribution in [0.25, 0.3) is 11.0 Å². The molecule has 7 nitrogen and oxygen atoms in total. The second kappa shape index (κ2) is 6.84. The molecule has 0 amide bonds. The zero-order valence-corrected chi connectivity index (χ0v) is 15.1. The topological polar surface area (TPSA) is 92.0 Å². The zero-order chi connectivity index (χ0) is 19.8. The fraction of sp³-hybridized carbons (Fsp3) is 0.190. The average Bonchev–Trinajstić information content (AvgIpc) is 3.14. The van der Waals surface area contributed by atoms with Gasteiger partial charge in [-0.05, 0) is 29.8 Å². The van der Waals surface area contributed by atoms with Crippen LogP contribution in [0.2, 0.25) is 0 Å². The molecular weight excluding hydrogens is 364 g/mol. The van der Waals surface area contributed by atoms with Gasteiger partial charge in [-0.1, -0.05) is 24.3 Å². The summed E-state index contributed by atoms with van der Waals surface area (Å²) in [5.74, 6) is -1.51. The van der Waals surface area contributed by atoms with Crippen molar-refractivity contribution in [3.8, 4) is 5.75 Å². The molecule has 4 rings (SSSR count). The summed E-state index contributed by atoms with van der Waals surface area (Å²) < 4.78 is 20.9. The lowest BCUT2D eigenvalue weighted by Crippen LogP contribution is -2.31. The van der Waals surface area contributed by atoms with Crippen LogP contribution in [0.5, 0.6) is 5.75 Å². The summed E-state index contributed by atoms with van der Waals surface area (Å²) in [5, 5.41) is 0.597. The molecule has 28 heavy (non-hydrogen) atoms. The van der Waals surface area contributed by atoms with Gasteiger partial charge in [0.15, 0.2) is 0 Å². The van der Waals surface area contributed by atoms with Crippen LogP contribution in [-0.2, 0) is 14.3 Å². The number of carbonyl (C=O) groups excluding carboxylic acids is 2. The van der Waals surface area contributed by atoms with Crippen LogP contribution in [0.4, 0.5) is 0 Å². The van der Waals surface area contributed by atoms with Gasteiger partial charge in [0.25, 0.3) is 0 Å². The first-order chi connectivity index (χ1) is 13.5. The largest absolute Gasteiger partial charge is 0.476 e. The molecule has 0 unspecified atom stereocenters. The average molecular weight is 380 g/mol. The molecule has 142 valence electrons. The molecule has 0 aliphatic carbocycles. The van der Waals surface area contributed by atoms with Gasteiger partial charge in [0.2, 0.25) is 6.10 Å². The molecule has 2 aromatic carbocycles. The highest BCUT2D eigenvalue weighted by Crippen LogP contribution is 2.44. The van der Waals surface area contributed by atoms with Crippen LogP contribution < -0.4 is 10.4 Å². The molecule has 0 saturated heterocycles. The lowest BCUT2D eigenvalue weighted by Gasteiger charge is -2.17. The summed E-state index contributed by atoms with van der Waals surface area (Å²) in [6.45, 7) is 0. The number of rotatable bonds is 3. The smallest absolute Gasteiger partial charge is 0.348 e. The molecule has 0 fully saturated rings. The monoisotopic (exact) mass is 380 g/mol. The minimum Gasteiger partial charge on any atom is -0.476 e. The molecular formula is C21H16O7. The summed E-state index contributed by atoms with van der Waals surface area (Å²) in [6.07, 6.45) is -1.04. The van der Waals surface area contributed by atoms with Crippen molar-refractivity contribution in [2.75, 3.05) is 14.2 Å². The van der Waals surface area contributed by atoms with Crippen LogP contribution in [-0.4, -0.2) is 32.3 Å². The summed E-state index contributed by atoms with van der Waals surface area (Å²) in [6, 6.07) is 13.4. The van der Waals surface area contributed by atoms with E-state index in [1.54, 1.807) is 48.5 Å². The first-order valence-electron chi connectivity index (χ1n) is 8.53. The Labute approximate surface area is 159 Å². The third kappa shape index (κ3) is 2.72. The predicted octanol–water partition coefficient (Wildman–Crippen LogP) is 2.65. The summed E-state index contributed by atoms with van der Waals surface area (Å²) in [4.78, 5) is 36.8. The fourth-order valence-corrected chi connectivity index (χ4v) is 3.46. The highest BCUT2D eigenvalue weighted by Gasteiger charge is 2.44. The molecule has 7 heteroatoms. The Morgan fingerprint density at radius 1 is 0.964 bits per heavy atom. The van der Waals surface area contributed by atoms with Crippen molar-refractivity contribution in [2.45, 2.75) is 12.0 Å². The van der Waals surface area contributed by atoms with Gasteiger partial charge in [0.1, 0.15) is 11.3 Å². The molecule has 0 radical (unpaired) electrons. The normalized spacial score (nSPS) is 17.6. The molecule has 0 spiro atoms. The van der Waals surface area contributed by atoms with Crippen molar-refractivity contribution in [1.29, 1.82) is 0 Å². The van der Waals surface area contributed by atoms with Gasteiger partial charge in [-0.3, -0.25) is 0 Å². The van der Waals surface area contributed by atoms with Crippen LogP contribution in [0.1, 0.15) is 27.4 Å². The summed E-state index contributed by atoms with van der Waals surface area (Å²) in [7, 11) is 2.55. The number of hydrogen-bond donors (Lipinski definition) is 0. The molecule has 1 aromatic heterocycles. The maximum Gasteiger partial charge on any atom is 0.348 e. The van der Waals surface area contributed by atoms with Gasteiger partial charge in [-0.25, -0.2) is 14.4 Å². The van der Waals surface area contributed by atoms with Crippen LogP contribution >= 0.6 is 0 Å². The summed E-state index contributed by atoms with van der Waals surface area (Å²) >= 11 is 0. The lowest BCUT2D eigenvalue weighted by atomic mass is 9.88. The molecule has 3 aromatic rings. The van der Waals surface area contributed by atoms with Crippen molar-refractivity contribution in [3.05, 3.63) is 75.6 Å². The third-order valence-electron chi connectivity index (χ3n) is 4.78. The van der Waals surface area contributed by atoms with E-state index < -0.39 is 29.6 Å². The fourth-order valence-electron chi connectivity index (χ4n) is 3.46. The Morgan fingerprint density at radius 3 is 2.36 bits per heavy atom. The number of benzene rings is 2. The van der Waals surface area contributed by atoms with E-state index in [-0.39, 0.29) is 5.56 Å². The van der Waals surface area contributed by atoms with Gasteiger partial charge < -0.3 is 18.6 Å². The SMILES string of the molecule is COC(=O)c1ccc([C@@H]2c3c(c4ccccc4oc3=O)O[C@@H]2C(=O)OC)cc1. The molecule has 1 aliphatic rings. The standard InChI is InChI=1S/C21H16O7/c1-25-19(22)12-9-7-11(8-10-12)15-16-17(28-18(15)21(24)26-2)13-5-3-4-6-14(13)27-20(16)23/h3-10,15,18H,1-2H3/t15-,18+/m1/s1. The van der Waals surface area contributed by atoms with E-state index in [4.69, 9.17) is 18.6 Å². The van der Waals surface area contributed by atoms with E-state index in [2.05, 4.69) is 0 Å². The minimum atomic E-state index is -1.04. The molecule has 1 aliphatic heterocycles. The highest BCUT2D eigenvalue weighted by atomic mass is 16.6. The Morgan fingerprint density at radius 2 is 1.68 bits per heavy atom. The Bertz CT molecular complexity index is 1130. The number of carbonyl (C=O) groups is 2. The number of hydrogen-bond acceptors (Lipinski definition) is 7. The Balaban J connectivity index is 1.90. The molecule has 0 bridgehead atoms. The first kappa shape index (κ1) is 17.8. The predicted molar refractivity (Wildman–Crippen MR) is 98.5 cm³/mol. The number of para-hydroxylation sites is 1. The van der Waals surface area contributed by atoms with Crippen LogP contribution in [0.3, 0.4) is 0 Å². The van der Waals surface area contributed by atoms with Crippen molar-refractivity contribution in [1.82, 2.24) is 0 Å². The van der Waals surface area contributed by atoms with Gasteiger partial charge in [0, 0.05) is 0 Å². The van der Waals surface area contributed by atoms with Gasteiger partial charge >= 0.3 is 17.6 Å². The zero-order valence-electron chi connectivity index (χ0n) is 15.1. The van der Waals surface area contributed by atoms with Crippen molar-refractivity contribution in [3.63, 3.8) is 0 Å². The van der Waals surface area contributed by atoms with Gasteiger partial charge in [-0.15, -0.1) is 0 Å². The number of methoxy groups -OCH3 is 2. The maximum absolute atomic E-state index is 12.7. The number of fused-ring (bicyclic) bond motifs is 3.